The Kier molecular flexibility index (Phi) is 4.64. The van der Waals surface area contributed by atoms with Crippen LogP contribution in [0.3, 0.4) is 0 Å². The molecule has 0 spiro atoms. The Labute approximate surface area is 123 Å². The van der Waals surface area contributed by atoms with E-state index in [1.807, 2.05) is 0 Å². The quantitative estimate of drug-likeness (QED) is 0.754. The summed E-state index contributed by atoms with van der Waals surface area (Å²) >= 11 is 0.298. The number of phenols is 2. The predicted octanol–water partition coefficient (Wildman–Crippen LogP) is 3.66. The molecule has 1 amide bonds. The van der Waals surface area contributed by atoms with Crippen LogP contribution in [0.5, 0.6) is 11.5 Å². The van der Waals surface area contributed by atoms with Gasteiger partial charge in [0.05, 0.1) is 5.69 Å². The number of rotatable bonds is 4. The van der Waals surface area contributed by atoms with Gasteiger partial charge in [0, 0.05) is 4.90 Å². The molecular weight excluding hydrogens is 300 g/mol. The summed E-state index contributed by atoms with van der Waals surface area (Å²) in [6.45, 7) is 0. The Balaban J connectivity index is 2.28. The molecule has 0 aromatic heterocycles. The summed E-state index contributed by atoms with van der Waals surface area (Å²) in [6, 6.07) is 9.91. The lowest BCUT2D eigenvalue weighted by Crippen LogP contribution is -2.13. The lowest BCUT2D eigenvalue weighted by atomic mass is 10.1. The largest absolute Gasteiger partial charge is 0.507 e. The third-order valence-corrected chi connectivity index (χ3v) is 3.39. The summed E-state index contributed by atoms with van der Waals surface area (Å²) in [4.78, 5) is 12.3. The van der Waals surface area contributed by atoms with Crippen LogP contribution in [-0.4, -0.2) is 21.9 Å². The first kappa shape index (κ1) is 15.1. The minimum Gasteiger partial charge on any atom is -0.507 e. The van der Waals surface area contributed by atoms with Gasteiger partial charge in [-0.25, -0.2) is 0 Å². The molecular formula is C14H11F2NO3S. The highest BCUT2D eigenvalue weighted by molar-refractivity contribution is 7.99. The number of hydrogen-bond donors (Lipinski definition) is 3. The number of hydrogen-bond acceptors (Lipinski definition) is 4. The average Bonchev–Trinajstić information content (AvgIpc) is 2.40. The Hall–Kier alpha value is -2.28. The number of alkyl halides is 2. The molecule has 3 N–H and O–H groups in total. The van der Waals surface area contributed by atoms with E-state index in [1.165, 1.54) is 30.3 Å². The summed E-state index contributed by atoms with van der Waals surface area (Å²) in [5.41, 5.74) is -0.134. The number of phenolic OH excluding ortho intramolecular Hbond substituents is 2. The van der Waals surface area contributed by atoms with Crippen molar-refractivity contribution in [3.8, 4) is 11.5 Å². The fourth-order valence-electron chi connectivity index (χ4n) is 1.71. The van der Waals surface area contributed by atoms with Crippen LogP contribution in [0.1, 0.15) is 10.4 Å². The van der Waals surface area contributed by atoms with E-state index in [0.29, 0.717) is 11.8 Å². The number of para-hydroxylation sites is 1. The number of halogens is 2. The summed E-state index contributed by atoms with van der Waals surface area (Å²) in [5.74, 6) is -4.20. The fraction of sp³-hybridized carbons (Fsp3) is 0.0714. The summed E-state index contributed by atoms with van der Waals surface area (Å²) < 4.78 is 24.9. The first-order chi connectivity index (χ1) is 9.99. The third kappa shape index (κ3) is 3.63. The number of anilines is 1. The smallest absolute Gasteiger partial charge is 0.288 e. The van der Waals surface area contributed by atoms with Crippen molar-refractivity contribution in [2.24, 2.45) is 0 Å². The predicted molar refractivity (Wildman–Crippen MR) is 76.0 cm³/mol. The molecule has 0 saturated heterocycles. The molecule has 0 aliphatic heterocycles. The standard InChI is InChI=1S/C14H11F2NO3S/c15-14(16)21-11-7-2-1-4-8(11)17-13(20)12-9(18)5-3-6-10(12)19/h1-7,14,18-19H,(H,17,20). The molecule has 0 radical (unpaired) electrons. The maximum atomic E-state index is 12.5. The number of carbonyl (C=O) groups is 1. The summed E-state index contributed by atoms with van der Waals surface area (Å²) in [6.07, 6.45) is 0. The highest BCUT2D eigenvalue weighted by atomic mass is 32.2. The molecule has 2 aromatic carbocycles. The van der Waals surface area contributed by atoms with E-state index in [1.54, 1.807) is 12.1 Å². The van der Waals surface area contributed by atoms with E-state index >= 15 is 0 Å². The van der Waals surface area contributed by atoms with Gasteiger partial charge in [-0.3, -0.25) is 4.79 Å². The Morgan fingerprint density at radius 1 is 1.05 bits per heavy atom. The first-order valence-electron chi connectivity index (χ1n) is 5.85. The Bertz CT molecular complexity index is 644. The number of benzene rings is 2. The Morgan fingerprint density at radius 2 is 1.67 bits per heavy atom. The van der Waals surface area contributed by atoms with Crippen LogP contribution in [0.4, 0.5) is 14.5 Å². The zero-order chi connectivity index (χ0) is 15.4. The van der Waals surface area contributed by atoms with Crippen molar-refractivity contribution in [2.45, 2.75) is 10.7 Å². The average molecular weight is 311 g/mol. The van der Waals surface area contributed by atoms with Gasteiger partial charge in [-0.05, 0) is 24.3 Å². The molecule has 0 atom stereocenters. The lowest BCUT2D eigenvalue weighted by molar-refractivity contribution is 0.102. The number of amides is 1. The van der Waals surface area contributed by atoms with Crippen molar-refractivity contribution < 1.29 is 23.8 Å². The minimum atomic E-state index is -2.62. The molecule has 21 heavy (non-hydrogen) atoms. The highest BCUT2D eigenvalue weighted by Crippen LogP contribution is 2.33. The molecule has 0 saturated carbocycles. The molecule has 4 nitrogen and oxygen atoms in total. The molecule has 2 aromatic rings. The zero-order valence-corrected chi connectivity index (χ0v) is 11.4. The van der Waals surface area contributed by atoms with E-state index in [2.05, 4.69) is 5.32 Å². The highest BCUT2D eigenvalue weighted by Gasteiger charge is 2.18. The molecule has 0 bridgehead atoms. The van der Waals surface area contributed by atoms with Crippen molar-refractivity contribution in [3.63, 3.8) is 0 Å². The van der Waals surface area contributed by atoms with Crippen molar-refractivity contribution in [3.05, 3.63) is 48.0 Å². The van der Waals surface area contributed by atoms with E-state index in [0.717, 1.165) is 0 Å². The summed E-state index contributed by atoms with van der Waals surface area (Å²) in [5, 5.41) is 21.6. The van der Waals surface area contributed by atoms with Gasteiger partial charge in [0.25, 0.3) is 11.7 Å². The van der Waals surface area contributed by atoms with Crippen LogP contribution in [0.25, 0.3) is 0 Å². The van der Waals surface area contributed by atoms with Gasteiger partial charge >= 0.3 is 0 Å². The second-order valence-corrected chi connectivity index (χ2v) is 5.03. The lowest BCUT2D eigenvalue weighted by Gasteiger charge is -2.11. The third-order valence-electron chi connectivity index (χ3n) is 2.60. The van der Waals surface area contributed by atoms with Gasteiger partial charge in [0.1, 0.15) is 17.1 Å². The van der Waals surface area contributed by atoms with Gasteiger partial charge in [-0.1, -0.05) is 30.0 Å². The molecule has 110 valence electrons. The molecule has 0 aliphatic rings. The number of aromatic hydroxyl groups is 2. The molecule has 2 rings (SSSR count). The maximum absolute atomic E-state index is 12.5. The second-order valence-electron chi connectivity index (χ2n) is 4.00. The van der Waals surface area contributed by atoms with Crippen LogP contribution in [0.2, 0.25) is 0 Å². The van der Waals surface area contributed by atoms with E-state index in [4.69, 9.17) is 0 Å². The summed E-state index contributed by atoms with van der Waals surface area (Å²) in [7, 11) is 0. The van der Waals surface area contributed by atoms with E-state index < -0.39 is 23.2 Å². The van der Waals surface area contributed by atoms with Crippen LogP contribution in [0, 0.1) is 0 Å². The maximum Gasteiger partial charge on any atom is 0.288 e. The van der Waals surface area contributed by atoms with E-state index in [-0.39, 0.29) is 16.1 Å². The minimum absolute atomic E-state index is 0.176. The number of carbonyl (C=O) groups excluding carboxylic acids is 1. The van der Waals surface area contributed by atoms with Crippen LogP contribution in [-0.2, 0) is 0 Å². The van der Waals surface area contributed by atoms with Gasteiger partial charge in [0.2, 0.25) is 0 Å². The molecule has 0 fully saturated rings. The molecule has 0 unspecified atom stereocenters. The molecule has 0 aliphatic carbocycles. The zero-order valence-electron chi connectivity index (χ0n) is 10.6. The first-order valence-corrected chi connectivity index (χ1v) is 6.73. The topological polar surface area (TPSA) is 69.6 Å². The van der Waals surface area contributed by atoms with Crippen LogP contribution in [0.15, 0.2) is 47.4 Å². The van der Waals surface area contributed by atoms with Gasteiger partial charge < -0.3 is 15.5 Å². The van der Waals surface area contributed by atoms with Gasteiger partial charge in [0.15, 0.2) is 0 Å². The fourth-order valence-corrected chi connectivity index (χ4v) is 2.31. The van der Waals surface area contributed by atoms with Gasteiger partial charge in [-0.15, -0.1) is 0 Å². The second kappa shape index (κ2) is 6.45. The van der Waals surface area contributed by atoms with Gasteiger partial charge in [-0.2, -0.15) is 8.78 Å². The number of nitrogens with one attached hydrogen (secondary N) is 1. The van der Waals surface area contributed by atoms with Crippen molar-refractivity contribution >= 4 is 23.4 Å². The monoisotopic (exact) mass is 311 g/mol. The normalized spacial score (nSPS) is 10.6. The van der Waals surface area contributed by atoms with Crippen LogP contribution < -0.4 is 5.32 Å². The molecule has 7 heteroatoms. The van der Waals surface area contributed by atoms with Crippen molar-refractivity contribution in [2.75, 3.05) is 5.32 Å². The Morgan fingerprint density at radius 3 is 2.29 bits per heavy atom. The SMILES string of the molecule is O=C(Nc1ccccc1SC(F)F)c1c(O)cccc1O. The van der Waals surface area contributed by atoms with Crippen molar-refractivity contribution in [1.82, 2.24) is 0 Å². The van der Waals surface area contributed by atoms with E-state index in [9.17, 15) is 23.8 Å². The number of thioether (sulfide) groups is 1. The van der Waals surface area contributed by atoms with Crippen LogP contribution >= 0.6 is 11.8 Å². The van der Waals surface area contributed by atoms with Crippen molar-refractivity contribution in [1.29, 1.82) is 0 Å². The molecule has 0 heterocycles.